The van der Waals surface area contributed by atoms with Gasteiger partial charge in [-0.15, -0.1) is 0 Å². The number of ether oxygens (including phenoxy) is 1. The van der Waals surface area contributed by atoms with Crippen molar-refractivity contribution in [1.82, 2.24) is 4.90 Å². The third-order valence-corrected chi connectivity index (χ3v) is 5.61. The van der Waals surface area contributed by atoms with E-state index in [0.717, 1.165) is 5.56 Å². The van der Waals surface area contributed by atoms with Crippen molar-refractivity contribution in [2.24, 2.45) is 0 Å². The summed E-state index contributed by atoms with van der Waals surface area (Å²) in [5.41, 5.74) is 1.10. The van der Waals surface area contributed by atoms with Crippen LogP contribution in [0.5, 0.6) is 5.75 Å². The van der Waals surface area contributed by atoms with E-state index in [1.165, 1.54) is 5.56 Å². The zero-order chi connectivity index (χ0) is 20.1. The minimum atomic E-state index is -0.925. The summed E-state index contributed by atoms with van der Waals surface area (Å²) in [5, 5.41) is 9.85. The molecule has 1 saturated heterocycles. The highest BCUT2D eigenvalue weighted by molar-refractivity contribution is 5.83. The van der Waals surface area contributed by atoms with Gasteiger partial charge in [0.2, 0.25) is 0 Å². The molecule has 0 bridgehead atoms. The number of hydrogen-bond donors (Lipinski definition) is 1. The number of aliphatic carboxylic acids is 1. The summed E-state index contributed by atoms with van der Waals surface area (Å²) in [4.78, 5) is 26.2. The monoisotopic (exact) mass is 381 g/mol. The Kier molecular flexibility index (Phi) is 6.02. The summed E-state index contributed by atoms with van der Waals surface area (Å²) < 4.78 is 5.63. The molecular formula is C23H27NO4. The molecule has 2 aromatic rings. The molecule has 0 radical (unpaired) electrons. The standard InChI is InChI=1S/C23H27NO4/c1-17(2)18-8-10-20(11-9-18)28-16-21(25)24-14-12-23(13-15-24,22(26)27)19-6-4-3-5-7-19/h3-11,17H,12-16H2,1-2H3,(H,26,27). The first-order valence-electron chi connectivity index (χ1n) is 9.72. The number of nitrogens with zero attached hydrogens (tertiary/aromatic N) is 1. The van der Waals surface area contributed by atoms with Crippen LogP contribution in [0.25, 0.3) is 0 Å². The van der Waals surface area contributed by atoms with Crippen molar-refractivity contribution in [1.29, 1.82) is 0 Å². The van der Waals surface area contributed by atoms with E-state index in [-0.39, 0.29) is 12.5 Å². The van der Waals surface area contributed by atoms with Crippen molar-refractivity contribution in [3.05, 3.63) is 65.7 Å². The lowest BCUT2D eigenvalue weighted by Crippen LogP contribution is -2.50. The van der Waals surface area contributed by atoms with Gasteiger partial charge in [0.25, 0.3) is 5.91 Å². The number of benzene rings is 2. The fourth-order valence-electron chi connectivity index (χ4n) is 3.71. The Labute approximate surface area is 165 Å². The van der Waals surface area contributed by atoms with E-state index >= 15 is 0 Å². The van der Waals surface area contributed by atoms with E-state index in [1.807, 2.05) is 54.6 Å². The summed E-state index contributed by atoms with van der Waals surface area (Å²) in [6.07, 6.45) is 0.808. The van der Waals surface area contributed by atoms with Gasteiger partial charge in [0.1, 0.15) is 5.75 Å². The number of carboxylic acids is 1. The lowest BCUT2D eigenvalue weighted by molar-refractivity contribution is -0.148. The quantitative estimate of drug-likeness (QED) is 0.826. The van der Waals surface area contributed by atoms with E-state index in [9.17, 15) is 14.7 Å². The Morgan fingerprint density at radius 3 is 2.18 bits per heavy atom. The van der Waals surface area contributed by atoms with Gasteiger partial charge in [-0.3, -0.25) is 9.59 Å². The molecule has 5 nitrogen and oxygen atoms in total. The van der Waals surface area contributed by atoms with Gasteiger partial charge in [0.15, 0.2) is 6.61 Å². The maximum atomic E-state index is 12.5. The number of hydrogen-bond acceptors (Lipinski definition) is 3. The van der Waals surface area contributed by atoms with Gasteiger partial charge >= 0.3 is 5.97 Å². The molecule has 0 atom stereocenters. The van der Waals surface area contributed by atoms with Crippen LogP contribution >= 0.6 is 0 Å². The van der Waals surface area contributed by atoms with Gasteiger partial charge in [-0.25, -0.2) is 0 Å². The largest absolute Gasteiger partial charge is 0.484 e. The SMILES string of the molecule is CC(C)c1ccc(OCC(=O)N2CCC(C(=O)O)(c3ccccc3)CC2)cc1. The molecule has 1 aliphatic rings. The predicted molar refractivity (Wildman–Crippen MR) is 108 cm³/mol. The van der Waals surface area contributed by atoms with Crippen molar-refractivity contribution in [3.63, 3.8) is 0 Å². The topological polar surface area (TPSA) is 66.8 Å². The first kappa shape index (κ1) is 19.9. The zero-order valence-corrected chi connectivity index (χ0v) is 16.4. The van der Waals surface area contributed by atoms with Gasteiger partial charge in [-0.2, -0.15) is 0 Å². The lowest BCUT2D eigenvalue weighted by atomic mass is 9.73. The molecule has 148 valence electrons. The van der Waals surface area contributed by atoms with Gasteiger partial charge in [-0.1, -0.05) is 56.3 Å². The van der Waals surface area contributed by atoms with Crippen LogP contribution in [0.15, 0.2) is 54.6 Å². The lowest BCUT2D eigenvalue weighted by Gasteiger charge is -2.39. The Balaban J connectivity index is 1.58. The summed E-state index contributed by atoms with van der Waals surface area (Å²) in [7, 11) is 0. The minimum absolute atomic E-state index is 0.0353. The van der Waals surface area contributed by atoms with Crippen LogP contribution in [0.4, 0.5) is 0 Å². The van der Waals surface area contributed by atoms with Crippen LogP contribution in [-0.4, -0.2) is 41.6 Å². The van der Waals surface area contributed by atoms with Crippen LogP contribution in [0.1, 0.15) is 43.7 Å². The van der Waals surface area contributed by atoms with Crippen molar-refractivity contribution in [3.8, 4) is 5.75 Å². The van der Waals surface area contributed by atoms with Crippen LogP contribution in [0.3, 0.4) is 0 Å². The Hall–Kier alpha value is -2.82. The second kappa shape index (κ2) is 8.46. The van der Waals surface area contributed by atoms with Crippen molar-refractivity contribution in [2.45, 2.75) is 38.0 Å². The molecule has 0 saturated carbocycles. The van der Waals surface area contributed by atoms with Crippen molar-refractivity contribution >= 4 is 11.9 Å². The zero-order valence-electron chi connectivity index (χ0n) is 16.4. The number of carbonyl (C=O) groups excluding carboxylic acids is 1. The van der Waals surface area contributed by atoms with Gasteiger partial charge in [0, 0.05) is 13.1 Å². The van der Waals surface area contributed by atoms with E-state index in [4.69, 9.17) is 4.74 Å². The fraction of sp³-hybridized carbons (Fsp3) is 0.391. The Bertz CT molecular complexity index is 806. The maximum absolute atomic E-state index is 12.5. The summed E-state index contributed by atoms with van der Waals surface area (Å²) >= 11 is 0. The molecule has 1 aliphatic heterocycles. The fourth-order valence-corrected chi connectivity index (χ4v) is 3.71. The average Bonchev–Trinajstić information content (AvgIpc) is 2.73. The maximum Gasteiger partial charge on any atom is 0.314 e. The second-order valence-electron chi connectivity index (χ2n) is 7.65. The first-order valence-corrected chi connectivity index (χ1v) is 9.72. The van der Waals surface area contributed by atoms with E-state index in [2.05, 4.69) is 13.8 Å². The van der Waals surface area contributed by atoms with Gasteiger partial charge in [-0.05, 0) is 42.0 Å². The number of carbonyl (C=O) groups is 2. The molecule has 28 heavy (non-hydrogen) atoms. The molecule has 3 rings (SSSR count). The molecular weight excluding hydrogens is 354 g/mol. The number of amides is 1. The normalized spacial score (nSPS) is 16.0. The summed E-state index contributed by atoms with van der Waals surface area (Å²) in [6, 6.07) is 17.1. The summed E-state index contributed by atoms with van der Waals surface area (Å²) in [5.74, 6) is 0.175. The number of carboxylic acid groups (broad SMARTS) is 1. The van der Waals surface area contributed by atoms with E-state index in [0.29, 0.717) is 37.6 Å². The highest BCUT2D eigenvalue weighted by atomic mass is 16.5. The van der Waals surface area contributed by atoms with Crippen LogP contribution < -0.4 is 4.74 Å². The number of rotatable bonds is 6. The number of likely N-dealkylation sites (tertiary alicyclic amines) is 1. The minimum Gasteiger partial charge on any atom is -0.484 e. The Morgan fingerprint density at radius 2 is 1.64 bits per heavy atom. The van der Waals surface area contributed by atoms with Gasteiger partial charge < -0.3 is 14.7 Å². The molecule has 1 fully saturated rings. The third-order valence-electron chi connectivity index (χ3n) is 5.61. The smallest absolute Gasteiger partial charge is 0.314 e. The molecule has 1 heterocycles. The summed E-state index contributed by atoms with van der Waals surface area (Å²) in [6.45, 7) is 5.04. The highest BCUT2D eigenvalue weighted by Gasteiger charge is 2.43. The third kappa shape index (κ3) is 4.19. The molecule has 0 spiro atoms. The van der Waals surface area contributed by atoms with Crippen molar-refractivity contribution < 1.29 is 19.4 Å². The molecule has 5 heteroatoms. The first-order chi connectivity index (χ1) is 13.4. The molecule has 0 unspecified atom stereocenters. The van der Waals surface area contributed by atoms with Crippen LogP contribution in [0.2, 0.25) is 0 Å². The number of piperidine rings is 1. The van der Waals surface area contributed by atoms with E-state index < -0.39 is 11.4 Å². The van der Waals surface area contributed by atoms with Crippen LogP contribution in [0, 0.1) is 0 Å². The van der Waals surface area contributed by atoms with Gasteiger partial charge in [0.05, 0.1) is 5.41 Å². The second-order valence-corrected chi connectivity index (χ2v) is 7.65. The van der Waals surface area contributed by atoms with Crippen molar-refractivity contribution in [2.75, 3.05) is 19.7 Å². The molecule has 2 aromatic carbocycles. The predicted octanol–water partition coefficient (Wildman–Crippen LogP) is 3.83. The highest BCUT2D eigenvalue weighted by Crippen LogP contribution is 2.36. The molecule has 0 aliphatic carbocycles. The molecule has 0 aromatic heterocycles. The van der Waals surface area contributed by atoms with E-state index in [1.54, 1.807) is 4.90 Å². The van der Waals surface area contributed by atoms with Crippen LogP contribution in [-0.2, 0) is 15.0 Å². The molecule has 1 N–H and O–H groups in total. The Morgan fingerprint density at radius 1 is 1.04 bits per heavy atom. The molecule has 1 amide bonds. The average molecular weight is 381 g/mol.